The fourth-order valence-electron chi connectivity index (χ4n) is 2.72. The SMILES string of the molecule is CC(=O)NC[C@H]1COC(=O)N1c1ccc(-n2cnc(C=CC#N)c2)c(F)c1. The van der Waals surface area contributed by atoms with Crippen LogP contribution in [0.25, 0.3) is 11.8 Å². The van der Waals surface area contributed by atoms with Crippen LogP contribution >= 0.6 is 0 Å². The maximum absolute atomic E-state index is 14.7. The Morgan fingerprint density at radius 1 is 1.56 bits per heavy atom. The highest BCUT2D eigenvalue weighted by Gasteiger charge is 2.34. The van der Waals surface area contributed by atoms with Crippen molar-refractivity contribution in [1.29, 1.82) is 5.26 Å². The van der Waals surface area contributed by atoms with E-state index in [0.717, 1.165) is 0 Å². The Bertz CT molecular complexity index is 947. The van der Waals surface area contributed by atoms with E-state index < -0.39 is 18.0 Å². The van der Waals surface area contributed by atoms with Crippen LogP contribution in [0.4, 0.5) is 14.9 Å². The van der Waals surface area contributed by atoms with Crippen LogP contribution in [-0.4, -0.2) is 40.7 Å². The van der Waals surface area contributed by atoms with Crippen LogP contribution in [0.15, 0.2) is 36.8 Å². The quantitative estimate of drug-likeness (QED) is 0.813. The molecule has 1 atom stereocenters. The van der Waals surface area contributed by atoms with Crippen molar-refractivity contribution in [1.82, 2.24) is 14.9 Å². The van der Waals surface area contributed by atoms with Crippen molar-refractivity contribution in [3.05, 3.63) is 48.3 Å². The largest absolute Gasteiger partial charge is 0.447 e. The fourth-order valence-corrected chi connectivity index (χ4v) is 2.72. The molecule has 0 aliphatic carbocycles. The molecule has 9 heteroatoms. The first-order valence-electron chi connectivity index (χ1n) is 8.10. The number of aromatic nitrogens is 2. The molecule has 1 N–H and O–H groups in total. The van der Waals surface area contributed by atoms with E-state index in [-0.39, 0.29) is 24.7 Å². The van der Waals surface area contributed by atoms with E-state index in [9.17, 15) is 14.0 Å². The molecule has 138 valence electrons. The van der Waals surface area contributed by atoms with Gasteiger partial charge in [0, 0.05) is 25.7 Å². The lowest BCUT2D eigenvalue weighted by molar-refractivity contribution is -0.119. The number of hydrogen-bond acceptors (Lipinski definition) is 5. The number of nitriles is 1. The summed E-state index contributed by atoms with van der Waals surface area (Å²) in [7, 11) is 0. The molecule has 1 aliphatic rings. The summed E-state index contributed by atoms with van der Waals surface area (Å²) in [5, 5.41) is 11.2. The molecule has 8 nitrogen and oxygen atoms in total. The van der Waals surface area contributed by atoms with Gasteiger partial charge in [0.25, 0.3) is 0 Å². The summed E-state index contributed by atoms with van der Waals surface area (Å²) in [6.07, 6.45) is 5.20. The minimum atomic E-state index is -0.593. The number of cyclic esters (lactones) is 1. The predicted molar refractivity (Wildman–Crippen MR) is 94.5 cm³/mol. The summed E-state index contributed by atoms with van der Waals surface area (Å²) in [5.74, 6) is -0.782. The highest BCUT2D eigenvalue weighted by Crippen LogP contribution is 2.26. The predicted octanol–water partition coefficient (Wildman–Crippen LogP) is 2.01. The van der Waals surface area contributed by atoms with Crippen LogP contribution in [0.5, 0.6) is 0 Å². The van der Waals surface area contributed by atoms with Gasteiger partial charge in [0.2, 0.25) is 5.91 Å². The Balaban J connectivity index is 1.84. The van der Waals surface area contributed by atoms with Gasteiger partial charge in [0.1, 0.15) is 12.4 Å². The van der Waals surface area contributed by atoms with E-state index in [0.29, 0.717) is 11.4 Å². The molecule has 2 amide bonds. The topological polar surface area (TPSA) is 100 Å². The van der Waals surface area contributed by atoms with E-state index in [1.165, 1.54) is 47.0 Å². The lowest BCUT2D eigenvalue weighted by Crippen LogP contribution is -2.42. The second-order valence-corrected chi connectivity index (χ2v) is 5.84. The highest BCUT2D eigenvalue weighted by molar-refractivity contribution is 5.90. The number of ether oxygens (including phenoxy) is 1. The molecular formula is C18H16FN5O3. The van der Waals surface area contributed by atoms with E-state index in [2.05, 4.69) is 10.3 Å². The third-order valence-electron chi connectivity index (χ3n) is 3.97. The van der Waals surface area contributed by atoms with Gasteiger partial charge < -0.3 is 14.6 Å². The zero-order valence-corrected chi connectivity index (χ0v) is 14.4. The standard InChI is InChI=1S/C18H16FN5O3/c1-12(25)21-8-15-10-27-18(26)24(15)14-4-5-17(16(19)7-14)23-9-13(22-11-23)3-2-6-20/h2-5,7,9,11,15H,8,10H2,1H3,(H,21,25)/t15-/m0/s1. The van der Waals surface area contributed by atoms with Gasteiger partial charge in [-0.2, -0.15) is 5.26 Å². The molecule has 2 heterocycles. The van der Waals surface area contributed by atoms with Crippen molar-refractivity contribution in [3.8, 4) is 11.8 Å². The van der Waals surface area contributed by atoms with Crippen molar-refractivity contribution < 1.29 is 18.7 Å². The molecule has 0 saturated carbocycles. The molecular weight excluding hydrogens is 353 g/mol. The second kappa shape index (κ2) is 7.70. The van der Waals surface area contributed by atoms with E-state index in [1.54, 1.807) is 12.3 Å². The van der Waals surface area contributed by atoms with Gasteiger partial charge in [0.05, 0.1) is 35.5 Å². The van der Waals surface area contributed by atoms with Crippen LogP contribution < -0.4 is 10.2 Å². The van der Waals surface area contributed by atoms with Crippen molar-refractivity contribution in [3.63, 3.8) is 0 Å². The van der Waals surface area contributed by atoms with Gasteiger partial charge in [-0.3, -0.25) is 9.69 Å². The molecule has 2 aromatic rings. The third-order valence-corrected chi connectivity index (χ3v) is 3.97. The fraction of sp³-hybridized carbons (Fsp3) is 0.222. The van der Waals surface area contributed by atoms with Gasteiger partial charge in [-0.15, -0.1) is 0 Å². The van der Waals surface area contributed by atoms with Crippen molar-refractivity contribution in [2.24, 2.45) is 0 Å². The summed E-state index contributed by atoms with van der Waals surface area (Å²) in [6.45, 7) is 1.70. The monoisotopic (exact) mass is 369 g/mol. The molecule has 0 unspecified atom stereocenters. The van der Waals surface area contributed by atoms with Gasteiger partial charge in [-0.25, -0.2) is 14.2 Å². The number of rotatable bonds is 5. The summed E-state index contributed by atoms with van der Waals surface area (Å²) < 4.78 is 21.2. The molecule has 1 aliphatic heterocycles. The summed E-state index contributed by atoms with van der Waals surface area (Å²) in [6, 6.07) is 5.79. The lowest BCUT2D eigenvalue weighted by atomic mass is 10.2. The molecule has 1 aromatic heterocycles. The summed E-state index contributed by atoms with van der Waals surface area (Å²) >= 11 is 0. The van der Waals surface area contributed by atoms with Crippen LogP contribution in [0.3, 0.4) is 0 Å². The number of nitrogens with zero attached hydrogens (tertiary/aromatic N) is 4. The van der Waals surface area contributed by atoms with Crippen LogP contribution in [-0.2, 0) is 9.53 Å². The first-order chi connectivity index (χ1) is 13.0. The lowest BCUT2D eigenvalue weighted by Gasteiger charge is -2.22. The number of anilines is 1. The molecule has 3 rings (SSSR count). The number of allylic oxidation sites excluding steroid dienone is 1. The maximum Gasteiger partial charge on any atom is 0.414 e. The number of amides is 2. The molecule has 1 fully saturated rings. The van der Waals surface area contributed by atoms with Crippen LogP contribution in [0.1, 0.15) is 12.6 Å². The van der Waals surface area contributed by atoms with E-state index in [1.807, 2.05) is 6.07 Å². The molecule has 0 radical (unpaired) electrons. The second-order valence-electron chi connectivity index (χ2n) is 5.84. The highest BCUT2D eigenvalue weighted by atomic mass is 19.1. The number of imidazole rings is 1. The Kier molecular flexibility index (Phi) is 5.17. The minimum Gasteiger partial charge on any atom is -0.447 e. The third kappa shape index (κ3) is 3.95. The number of hydrogen-bond donors (Lipinski definition) is 1. The van der Waals surface area contributed by atoms with Gasteiger partial charge in [-0.1, -0.05) is 0 Å². The number of carbonyl (C=O) groups is 2. The number of halogens is 1. The van der Waals surface area contributed by atoms with Crippen molar-refractivity contribution in [2.75, 3.05) is 18.1 Å². The zero-order valence-electron chi connectivity index (χ0n) is 14.4. The number of nitrogens with one attached hydrogen (secondary N) is 1. The van der Waals surface area contributed by atoms with Crippen molar-refractivity contribution >= 4 is 23.8 Å². The first-order valence-corrected chi connectivity index (χ1v) is 8.10. The Morgan fingerprint density at radius 3 is 3.07 bits per heavy atom. The smallest absolute Gasteiger partial charge is 0.414 e. The Morgan fingerprint density at radius 2 is 2.37 bits per heavy atom. The van der Waals surface area contributed by atoms with Gasteiger partial charge in [-0.05, 0) is 24.3 Å². The van der Waals surface area contributed by atoms with Gasteiger partial charge in [0.15, 0.2) is 0 Å². The molecule has 27 heavy (non-hydrogen) atoms. The van der Waals surface area contributed by atoms with Crippen molar-refractivity contribution in [2.45, 2.75) is 13.0 Å². The average Bonchev–Trinajstić information content (AvgIpc) is 3.24. The van der Waals surface area contributed by atoms with E-state index in [4.69, 9.17) is 10.00 Å². The summed E-state index contributed by atoms with van der Waals surface area (Å²) in [5.41, 5.74) is 1.09. The van der Waals surface area contributed by atoms with Crippen LogP contribution in [0.2, 0.25) is 0 Å². The Labute approximate surface area is 154 Å². The minimum absolute atomic E-state index is 0.110. The van der Waals surface area contributed by atoms with Gasteiger partial charge >= 0.3 is 6.09 Å². The van der Waals surface area contributed by atoms with E-state index >= 15 is 0 Å². The van der Waals surface area contributed by atoms with Crippen LogP contribution in [0, 0.1) is 17.1 Å². The summed E-state index contributed by atoms with van der Waals surface area (Å²) in [4.78, 5) is 28.5. The molecule has 0 bridgehead atoms. The maximum atomic E-state index is 14.7. The zero-order chi connectivity index (χ0) is 19.4. The molecule has 1 saturated heterocycles. The number of carbonyl (C=O) groups excluding carboxylic acids is 2. The molecule has 1 aromatic carbocycles. The molecule has 0 spiro atoms. The first kappa shape index (κ1) is 18.1. The Hall–Kier alpha value is -3.67. The number of benzene rings is 1. The average molecular weight is 369 g/mol. The normalized spacial score (nSPS) is 16.4.